The molecule has 1 aromatic heterocycles. The molecule has 0 N–H and O–H groups in total. The lowest BCUT2D eigenvalue weighted by atomic mass is 10.1. The standard InChI is InChI=1S/C35H34F3N3OS/c1-2-3-20-41-31(33(27-10-6-4-7-11-27)39-34(41)28-12-8-5-9-13-28)24-40(22-25-14-17-29(43)18-15-25)23-26-16-19-32(30(36)21-26)42-35(37)38/h4-19,21,35,43H,2-3,20,22-24H2,1H3. The van der Waals surface area contributed by atoms with Crippen molar-refractivity contribution in [3.63, 3.8) is 0 Å². The van der Waals surface area contributed by atoms with Crippen LogP contribution in [0.25, 0.3) is 22.6 Å². The molecule has 0 aliphatic carbocycles. The van der Waals surface area contributed by atoms with Gasteiger partial charge in [-0.05, 0) is 41.8 Å². The van der Waals surface area contributed by atoms with E-state index in [1.165, 1.54) is 12.1 Å². The first-order chi connectivity index (χ1) is 20.9. The zero-order valence-electron chi connectivity index (χ0n) is 24.0. The number of benzene rings is 4. The van der Waals surface area contributed by atoms with Gasteiger partial charge in [0.15, 0.2) is 11.6 Å². The number of ether oxygens (including phenoxy) is 1. The number of rotatable bonds is 13. The van der Waals surface area contributed by atoms with Crippen LogP contribution in [0.2, 0.25) is 0 Å². The number of aromatic nitrogens is 2. The zero-order valence-corrected chi connectivity index (χ0v) is 24.9. The van der Waals surface area contributed by atoms with Gasteiger partial charge in [-0.15, -0.1) is 12.6 Å². The number of hydrogen-bond donors (Lipinski definition) is 1. The molecule has 1 heterocycles. The third-order valence-corrected chi connectivity index (χ3v) is 7.52. The summed E-state index contributed by atoms with van der Waals surface area (Å²) in [6.07, 6.45) is 2.01. The van der Waals surface area contributed by atoms with Crippen molar-refractivity contribution in [3.8, 4) is 28.4 Å². The largest absolute Gasteiger partial charge is 0.432 e. The van der Waals surface area contributed by atoms with Gasteiger partial charge in [-0.25, -0.2) is 9.37 Å². The van der Waals surface area contributed by atoms with Crippen LogP contribution < -0.4 is 4.74 Å². The van der Waals surface area contributed by atoms with Crippen LogP contribution in [0.1, 0.15) is 36.6 Å². The highest BCUT2D eigenvalue weighted by atomic mass is 32.1. The first kappa shape index (κ1) is 30.4. The van der Waals surface area contributed by atoms with E-state index < -0.39 is 18.2 Å². The molecule has 0 saturated heterocycles. The highest BCUT2D eigenvalue weighted by molar-refractivity contribution is 7.80. The number of unbranched alkanes of at least 4 members (excludes halogenated alkanes) is 1. The Kier molecular flexibility index (Phi) is 10.2. The van der Waals surface area contributed by atoms with Crippen LogP contribution in [0.3, 0.4) is 0 Å². The summed E-state index contributed by atoms with van der Waals surface area (Å²) in [7, 11) is 0. The fraction of sp³-hybridized carbons (Fsp3) is 0.229. The lowest BCUT2D eigenvalue weighted by molar-refractivity contribution is -0.0522. The van der Waals surface area contributed by atoms with E-state index in [1.54, 1.807) is 6.07 Å². The van der Waals surface area contributed by atoms with Crippen molar-refractivity contribution in [2.75, 3.05) is 0 Å². The van der Waals surface area contributed by atoms with Crippen molar-refractivity contribution in [2.24, 2.45) is 0 Å². The smallest absolute Gasteiger partial charge is 0.387 e. The predicted molar refractivity (Wildman–Crippen MR) is 168 cm³/mol. The van der Waals surface area contributed by atoms with E-state index in [-0.39, 0.29) is 0 Å². The number of imidazole rings is 1. The van der Waals surface area contributed by atoms with Crippen LogP contribution >= 0.6 is 12.6 Å². The third-order valence-electron chi connectivity index (χ3n) is 7.22. The SMILES string of the molecule is CCCCn1c(-c2ccccc2)nc(-c2ccccc2)c1CN(Cc1ccc(S)cc1)Cc1ccc(OC(F)F)c(F)c1. The van der Waals surface area contributed by atoms with Crippen molar-refractivity contribution in [3.05, 3.63) is 126 Å². The van der Waals surface area contributed by atoms with E-state index in [1.807, 2.05) is 60.7 Å². The van der Waals surface area contributed by atoms with E-state index in [0.29, 0.717) is 25.2 Å². The van der Waals surface area contributed by atoms with Crippen molar-refractivity contribution in [2.45, 2.75) is 57.5 Å². The Labute approximate surface area is 256 Å². The second kappa shape index (κ2) is 14.4. The molecule has 0 atom stereocenters. The molecule has 0 unspecified atom stereocenters. The number of alkyl halides is 2. The van der Waals surface area contributed by atoms with Crippen LogP contribution in [0.4, 0.5) is 13.2 Å². The summed E-state index contributed by atoms with van der Waals surface area (Å²) >= 11 is 4.43. The zero-order chi connectivity index (χ0) is 30.2. The minimum absolute atomic E-state index is 0.377. The summed E-state index contributed by atoms with van der Waals surface area (Å²) in [5.41, 5.74) is 5.73. The maximum atomic E-state index is 14.7. The van der Waals surface area contributed by atoms with Gasteiger partial charge in [0.05, 0.1) is 11.4 Å². The van der Waals surface area contributed by atoms with Gasteiger partial charge in [0.1, 0.15) is 5.82 Å². The summed E-state index contributed by atoms with van der Waals surface area (Å²) in [4.78, 5) is 8.30. The molecule has 222 valence electrons. The summed E-state index contributed by atoms with van der Waals surface area (Å²) < 4.78 is 46.9. The molecule has 0 amide bonds. The molecule has 0 saturated carbocycles. The topological polar surface area (TPSA) is 30.3 Å². The summed E-state index contributed by atoms with van der Waals surface area (Å²) in [6.45, 7) is 1.34. The minimum atomic E-state index is -3.09. The van der Waals surface area contributed by atoms with Crippen LogP contribution in [-0.2, 0) is 26.2 Å². The predicted octanol–water partition coefficient (Wildman–Crippen LogP) is 9.25. The molecule has 8 heteroatoms. The van der Waals surface area contributed by atoms with Crippen molar-refractivity contribution in [1.29, 1.82) is 0 Å². The Balaban J connectivity index is 1.58. The molecule has 0 aliphatic rings. The van der Waals surface area contributed by atoms with E-state index in [4.69, 9.17) is 4.98 Å². The van der Waals surface area contributed by atoms with Crippen molar-refractivity contribution >= 4 is 12.6 Å². The third kappa shape index (κ3) is 7.89. The molecule has 0 bridgehead atoms. The molecule has 43 heavy (non-hydrogen) atoms. The average Bonchev–Trinajstić information content (AvgIpc) is 3.37. The second-order valence-corrected chi connectivity index (χ2v) is 10.9. The van der Waals surface area contributed by atoms with Gasteiger partial charge in [-0.3, -0.25) is 4.90 Å². The number of thiol groups is 1. The second-order valence-electron chi connectivity index (χ2n) is 10.4. The molecule has 0 spiro atoms. The summed E-state index contributed by atoms with van der Waals surface area (Å²) in [5.74, 6) is -0.380. The Hall–Kier alpha value is -4.01. The van der Waals surface area contributed by atoms with Crippen LogP contribution in [0.15, 0.2) is 108 Å². The van der Waals surface area contributed by atoms with Crippen molar-refractivity contribution in [1.82, 2.24) is 14.5 Å². The minimum Gasteiger partial charge on any atom is -0.432 e. The Bertz CT molecular complexity index is 1610. The van der Waals surface area contributed by atoms with Crippen LogP contribution in [-0.4, -0.2) is 21.1 Å². The number of hydrogen-bond acceptors (Lipinski definition) is 4. The van der Waals surface area contributed by atoms with Gasteiger partial charge >= 0.3 is 6.61 Å². The van der Waals surface area contributed by atoms with Gasteiger partial charge in [-0.2, -0.15) is 8.78 Å². The Morgan fingerprint density at radius 2 is 1.44 bits per heavy atom. The molecule has 0 radical (unpaired) electrons. The summed E-state index contributed by atoms with van der Waals surface area (Å²) in [6, 6.07) is 32.4. The van der Waals surface area contributed by atoms with Gasteiger partial charge in [-0.1, -0.05) is 92.2 Å². The molecular formula is C35H34F3N3OS. The molecule has 0 fully saturated rings. The quantitative estimate of drug-likeness (QED) is 0.137. The maximum absolute atomic E-state index is 14.7. The fourth-order valence-electron chi connectivity index (χ4n) is 5.17. The average molecular weight is 602 g/mol. The normalized spacial score (nSPS) is 11.4. The molecular weight excluding hydrogens is 567 g/mol. The van der Waals surface area contributed by atoms with Gasteiger partial charge in [0.25, 0.3) is 0 Å². The van der Waals surface area contributed by atoms with Crippen LogP contribution in [0, 0.1) is 5.82 Å². The monoisotopic (exact) mass is 601 g/mol. The lowest BCUT2D eigenvalue weighted by Gasteiger charge is -2.25. The highest BCUT2D eigenvalue weighted by Crippen LogP contribution is 2.32. The van der Waals surface area contributed by atoms with Gasteiger partial charge in [0, 0.05) is 42.2 Å². The van der Waals surface area contributed by atoms with E-state index in [0.717, 1.165) is 58.2 Å². The maximum Gasteiger partial charge on any atom is 0.387 e. The summed E-state index contributed by atoms with van der Waals surface area (Å²) in [5, 5.41) is 0. The first-order valence-corrected chi connectivity index (χ1v) is 14.8. The molecule has 4 aromatic carbocycles. The van der Waals surface area contributed by atoms with E-state index in [9.17, 15) is 13.2 Å². The molecule has 5 rings (SSSR count). The Morgan fingerprint density at radius 3 is 2.07 bits per heavy atom. The van der Waals surface area contributed by atoms with Gasteiger partial charge in [0.2, 0.25) is 0 Å². The van der Waals surface area contributed by atoms with E-state index in [2.05, 4.69) is 58.0 Å². The van der Waals surface area contributed by atoms with E-state index >= 15 is 0 Å². The first-order valence-electron chi connectivity index (χ1n) is 14.3. The fourth-order valence-corrected chi connectivity index (χ4v) is 5.32. The lowest BCUT2D eigenvalue weighted by Crippen LogP contribution is -2.24. The van der Waals surface area contributed by atoms with Crippen LogP contribution in [0.5, 0.6) is 5.75 Å². The number of halogens is 3. The molecule has 4 nitrogen and oxygen atoms in total. The molecule has 5 aromatic rings. The molecule has 0 aliphatic heterocycles. The highest BCUT2D eigenvalue weighted by Gasteiger charge is 2.22. The Morgan fingerprint density at radius 1 is 0.814 bits per heavy atom. The van der Waals surface area contributed by atoms with Gasteiger partial charge < -0.3 is 9.30 Å². The number of nitrogens with zero attached hydrogens (tertiary/aromatic N) is 3. The van der Waals surface area contributed by atoms with Crippen molar-refractivity contribution < 1.29 is 17.9 Å².